The topological polar surface area (TPSA) is 48.0 Å². The molecule has 1 fully saturated rings. The maximum atomic E-state index is 12.2. The van der Waals surface area contributed by atoms with Gasteiger partial charge in [0, 0.05) is 18.7 Å². The van der Waals surface area contributed by atoms with Crippen LogP contribution in [0.25, 0.3) is 0 Å². The maximum Gasteiger partial charge on any atom is 0.176 e. The van der Waals surface area contributed by atoms with Gasteiger partial charge in [-0.2, -0.15) is 0 Å². The van der Waals surface area contributed by atoms with Gasteiger partial charge in [-0.25, -0.2) is 0 Å². The number of halogens is 1. The molecule has 0 saturated carbocycles. The molecule has 0 aromatic heterocycles. The van der Waals surface area contributed by atoms with Gasteiger partial charge in [0.2, 0.25) is 0 Å². The number of hydrogen-bond donors (Lipinski definition) is 0. The maximum absolute atomic E-state index is 12.2. The summed E-state index contributed by atoms with van der Waals surface area (Å²) in [5, 5.41) is 0. The Morgan fingerprint density at radius 2 is 1.75 bits per heavy atom. The van der Waals surface area contributed by atoms with E-state index >= 15 is 0 Å². The Bertz CT molecular complexity index is 474. The van der Waals surface area contributed by atoms with Crippen molar-refractivity contribution in [2.24, 2.45) is 0 Å². The lowest BCUT2D eigenvalue weighted by Crippen LogP contribution is -2.39. The second-order valence-electron chi connectivity index (χ2n) is 4.67. The lowest BCUT2D eigenvalue weighted by Gasteiger charge is -2.26. The van der Waals surface area contributed by atoms with Gasteiger partial charge in [-0.1, -0.05) is 0 Å². The van der Waals surface area contributed by atoms with Gasteiger partial charge in [0.25, 0.3) is 0 Å². The summed E-state index contributed by atoms with van der Waals surface area (Å²) in [5.41, 5.74) is 0.677. The van der Waals surface area contributed by atoms with Crippen molar-refractivity contribution in [3.8, 4) is 11.5 Å². The van der Waals surface area contributed by atoms with Gasteiger partial charge in [0.15, 0.2) is 17.3 Å². The fraction of sp³-hybridized carbons (Fsp3) is 0.500. The minimum Gasteiger partial charge on any atom is -0.486 e. The van der Waals surface area contributed by atoms with Gasteiger partial charge in [-0.15, -0.1) is 12.4 Å². The van der Waals surface area contributed by atoms with Crippen molar-refractivity contribution in [3.05, 3.63) is 23.8 Å². The van der Waals surface area contributed by atoms with E-state index in [1.165, 1.54) is 0 Å². The Balaban J connectivity index is 0.00000147. The van der Waals surface area contributed by atoms with Gasteiger partial charge >= 0.3 is 0 Å². The standard InChI is InChI=1S/C14H17NO4.ClH/c16-12(10-15-3-5-17-6-4-15)11-1-2-13-14(9-11)19-8-7-18-13;/h1-2,9H,3-8,10H2;1H. The fourth-order valence-corrected chi connectivity index (χ4v) is 2.27. The van der Waals surface area contributed by atoms with Gasteiger partial charge < -0.3 is 14.2 Å². The molecule has 0 bridgehead atoms. The average molecular weight is 300 g/mol. The van der Waals surface area contributed by atoms with Crippen LogP contribution in [-0.2, 0) is 4.74 Å². The number of Topliss-reactive ketones (excluding diaryl/α,β-unsaturated/α-hetero) is 1. The highest BCUT2D eigenvalue weighted by Gasteiger charge is 2.18. The van der Waals surface area contributed by atoms with E-state index in [1.807, 2.05) is 0 Å². The van der Waals surface area contributed by atoms with Crippen LogP contribution in [0, 0.1) is 0 Å². The van der Waals surface area contributed by atoms with E-state index in [1.54, 1.807) is 18.2 Å². The molecule has 0 spiro atoms. The highest BCUT2D eigenvalue weighted by Crippen LogP contribution is 2.30. The van der Waals surface area contributed by atoms with E-state index in [0.717, 1.165) is 13.1 Å². The van der Waals surface area contributed by atoms with Crippen LogP contribution in [0.2, 0.25) is 0 Å². The molecule has 0 unspecified atom stereocenters. The fourth-order valence-electron chi connectivity index (χ4n) is 2.27. The summed E-state index contributed by atoms with van der Waals surface area (Å²) in [6, 6.07) is 5.38. The molecule has 2 aliphatic rings. The van der Waals surface area contributed by atoms with E-state index in [4.69, 9.17) is 14.2 Å². The van der Waals surface area contributed by atoms with E-state index in [2.05, 4.69) is 4.90 Å². The van der Waals surface area contributed by atoms with Gasteiger partial charge in [-0.05, 0) is 18.2 Å². The molecule has 0 N–H and O–H groups in total. The SMILES string of the molecule is Cl.O=C(CN1CCOCC1)c1ccc2c(c1)OCCO2. The van der Waals surface area contributed by atoms with Crippen molar-refractivity contribution < 1.29 is 19.0 Å². The number of benzene rings is 1. The van der Waals surface area contributed by atoms with Crippen LogP contribution in [-0.4, -0.2) is 56.7 Å². The van der Waals surface area contributed by atoms with E-state index < -0.39 is 0 Å². The third-order valence-electron chi connectivity index (χ3n) is 3.34. The van der Waals surface area contributed by atoms with Crippen molar-refractivity contribution in [2.45, 2.75) is 0 Å². The number of carbonyl (C=O) groups excluding carboxylic acids is 1. The number of ether oxygens (including phenoxy) is 3. The van der Waals surface area contributed by atoms with Crippen LogP contribution in [0.1, 0.15) is 10.4 Å². The second-order valence-corrected chi connectivity index (χ2v) is 4.67. The largest absolute Gasteiger partial charge is 0.486 e. The monoisotopic (exact) mass is 299 g/mol. The molecule has 2 aliphatic heterocycles. The first-order chi connectivity index (χ1) is 9.33. The summed E-state index contributed by atoms with van der Waals surface area (Å²) in [6.45, 7) is 4.57. The molecule has 1 aromatic rings. The van der Waals surface area contributed by atoms with Gasteiger partial charge in [-0.3, -0.25) is 9.69 Å². The molecule has 0 radical (unpaired) electrons. The van der Waals surface area contributed by atoms with Crippen LogP contribution >= 0.6 is 12.4 Å². The Kier molecular flexibility index (Phi) is 5.23. The highest BCUT2D eigenvalue weighted by molar-refractivity contribution is 5.98. The van der Waals surface area contributed by atoms with Crippen LogP contribution in [0.4, 0.5) is 0 Å². The molecule has 6 heteroatoms. The molecule has 20 heavy (non-hydrogen) atoms. The van der Waals surface area contributed by atoms with Gasteiger partial charge in [0.05, 0.1) is 19.8 Å². The zero-order valence-corrected chi connectivity index (χ0v) is 12.0. The summed E-state index contributed by atoms with van der Waals surface area (Å²) in [4.78, 5) is 14.3. The molecule has 0 aliphatic carbocycles. The molecule has 0 amide bonds. The highest BCUT2D eigenvalue weighted by atomic mass is 35.5. The van der Waals surface area contributed by atoms with Crippen LogP contribution in [0.15, 0.2) is 18.2 Å². The number of ketones is 1. The van der Waals surface area contributed by atoms with E-state index in [0.29, 0.717) is 50.0 Å². The van der Waals surface area contributed by atoms with Crippen molar-refractivity contribution in [2.75, 3.05) is 46.1 Å². The van der Waals surface area contributed by atoms with Crippen molar-refractivity contribution in [1.29, 1.82) is 0 Å². The van der Waals surface area contributed by atoms with Crippen molar-refractivity contribution in [1.82, 2.24) is 4.90 Å². The summed E-state index contributed by atoms with van der Waals surface area (Å²) < 4.78 is 16.2. The number of morpholine rings is 1. The van der Waals surface area contributed by atoms with Crippen molar-refractivity contribution >= 4 is 18.2 Å². The third kappa shape index (κ3) is 3.42. The molecular weight excluding hydrogens is 282 g/mol. The molecule has 5 nitrogen and oxygen atoms in total. The minimum atomic E-state index is 0. The molecular formula is C14H18ClNO4. The predicted octanol–water partition coefficient (Wildman–Crippen LogP) is 1.39. The number of carbonyl (C=O) groups is 1. The average Bonchev–Trinajstić information content (AvgIpc) is 2.48. The number of hydrogen-bond acceptors (Lipinski definition) is 5. The Morgan fingerprint density at radius 1 is 1.05 bits per heavy atom. The van der Waals surface area contributed by atoms with Crippen LogP contribution in [0.3, 0.4) is 0 Å². The van der Waals surface area contributed by atoms with E-state index in [-0.39, 0.29) is 18.2 Å². The zero-order chi connectivity index (χ0) is 13.1. The second kappa shape index (κ2) is 6.92. The molecule has 3 rings (SSSR count). The summed E-state index contributed by atoms with van der Waals surface area (Å²) in [5.74, 6) is 1.49. The molecule has 0 atom stereocenters. The van der Waals surface area contributed by atoms with Crippen LogP contribution in [0.5, 0.6) is 11.5 Å². The molecule has 1 aromatic carbocycles. The number of rotatable bonds is 3. The summed E-state index contributed by atoms with van der Waals surface area (Å²) in [6.07, 6.45) is 0. The lowest BCUT2D eigenvalue weighted by atomic mass is 10.1. The minimum absolute atomic E-state index is 0. The molecule has 2 heterocycles. The summed E-state index contributed by atoms with van der Waals surface area (Å²) in [7, 11) is 0. The van der Waals surface area contributed by atoms with Gasteiger partial charge in [0.1, 0.15) is 13.2 Å². The smallest absolute Gasteiger partial charge is 0.176 e. The Labute approximate surface area is 124 Å². The number of nitrogens with zero attached hydrogens (tertiary/aromatic N) is 1. The summed E-state index contributed by atoms with van der Waals surface area (Å²) >= 11 is 0. The number of fused-ring (bicyclic) bond motifs is 1. The third-order valence-corrected chi connectivity index (χ3v) is 3.34. The first kappa shape index (κ1) is 15.1. The quantitative estimate of drug-likeness (QED) is 0.790. The Hall–Kier alpha value is -1.30. The first-order valence-electron chi connectivity index (χ1n) is 6.56. The first-order valence-corrected chi connectivity index (χ1v) is 6.56. The lowest BCUT2D eigenvalue weighted by molar-refractivity contribution is 0.0371. The van der Waals surface area contributed by atoms with Crippen molar-refractivity contribution in [3.63, 3.8) is 0 Å². The van der Waals surface area contributed by atoms with Crippen LogP contribution < -0.4 is 9.47 Å². The zero-order valence-electron chi connectivity index (χ0n) is 11.2. The Morgan fingerprint density at radius 3 is 2.50 bits per heavy atom. The molecule has 1 saturated heterocycles. The molecule has 110 valence electrons. The van der Waals surface area contributed by atoms with E-state index in [9.17, 15) is 4.79 Å². The normalized spacial score (nSPS) is 18.2. The predicted molar refractivity (Wildman–Crippen MR) is 76.3 cm³/mol.